The third-order valence-corrected chi connectivity index (χ3v) is 12.2. The molecule has 3 saturated heterocycles. The largest absolute Gasteiger partial charge is 0.502 e. The standard InChI is InChI=1S/C48H46O13/c1-51-36-18-30(19-37(52-2)41(36)49)39-31-20-34-35(58-26-57-34)21-32(31)42(33-24-55-46(50)40(33)39)60-48-45(54-23-28-14-8-4-9-15-28)44(53-22-27-12-6-3-7-13-27)43-38(59-48)25-56-47(61-43)29-16-10-5-11-17-29/h3-21,33,38-40,42-45,47-49H,22-26H2,1-2H3/t33-,38+,39+,40-,42+,43+,44-,45+,47+,48-/m0/s1. The van der Waals surface area contributed by atoms with E-state index < -0.39 is 60.9 Å². The SMILES string of the molecule is COc1cc([C@@H]2c3cc4c(cc3[C@@H](O[C@@H]3O[C@@H]5CO[C@@H](c6ccccc6)O[C@H]5[C@H](OCc5ccccc5)[C@H]3OCc3ccccc3)[C@H]3COC(=O)[C@H]23)OCO4)cc(OC)c1O. The molecule has 4 aliphatic heterocycles. The van der Waals surface area contributed by atoms with Crippen molar-refractivity contribution in [1.82, 2.24) is 0 Å². The molecule has 13 heteroatoms. The van der Waals surface area contributed by atoms with E-state index in [0.29, 0.717) is 17.1 Å². The highest BCUT2D eigenvalue weighted by molar-refractivity contribution is 5.79. The highest BCUT2D eigenvalue weighted by atomic mass is 16.8. The highest BCUT2D eigenvalue weighted by Crippen LogP contribution is 2.57. The second kappa shape index (κ2) is 17.0. The van der Waals surface area contributed by atoms with Crippen molar-refractivity contribution in [3.63, 3.8) is 0 Å². The van der Waals surface area contributed by atoms with Crippen LogP contribution in [0.4, 0.5) is 0 Å². The molecule has 61 heavy (non-hydrogen) atoms. The molecule has 0 saturated carbocycles. The van der Waals surface area contributed by atoms with Crippen molar-refractivity contribution in [1.29, 1.82) is 0 Å². The number of methoxy groups -OCH3 is 2. The van der Waals surface area contributed by atoms with Crippen LogP contribution >= 0.6 is 0 Å². The maximum absolute atomic E-state index is 14.0. The summed E-state index contributed by atoms with van der Waals surface area (Å²) in [6, 6.07) is 36.8. The number of esters is 1. The second-order valence-electron chi connectivity index (χ2n) is 15.7. The van der Waals surface area contributed by atoms with Crippen LogP contribution in [0.5, 0.6) is 28.7 Å². The third-order valence-electron chi connectivity index (χ3n) is 12.2. The fourth-order valence-electron chi connectivity index (χ4n) is 9.26. The van der Waals surface area contributed by atoms with E-state index in [4.69, 9.17) is 52.1 Å². The number of rotatable bonds is 12. The highest BCUT2D eigenvalue weighted by Gasteiger charge is 2.57. The number of phenols is 1. The Kier molecular flexibility index (Phi) is 11.0. The second-order valence-corrected chi connectivity index (χ2v) is 15.7. The van der Waals surface area contributed by atoms with Crippen LogP contribution in [-0.2, 0) is 51.2 Å². The maximum Gasteiger partial charge on any atom is 0.310 e. The molecule has 0 radical (unpaired) electrons. The summed E-state index contributed by atoms with van der Waals surface area (Å²) in [6.07, 6.45) is -5.17. The number of carbonyl (C=O) groups excluding carboxylic acids is 1. The van der Waals surface area contributed by atoms with Crippen molar-refractivity contribution in [2.75, 3.05) is 34.2 Å². The molecule has 1 aliphatic carbocycles. The van der Waals surface area contributed by atoms with Gasteiger partial charge in [0.15, 0.2) is 35.6 Å². The fourth-order valence-corrected chi connectivity index (χ4v) is 9.26. The lowest BCUT2D eigenvalue weighted by atomic mass is 9.66. The van der Waals surface area contributed by atoms with Gasteiger partial charge in [-0.25, -0.2) is 0 Å². The molecule has 10 rings (SSSR count). The van der Waals surface area contributed by atoms with Crippen molar-refractivity contribution in [3.05, 3.63) is 149 Å². The van der Waals surface area contributed by atoms with Crippen LogP contribution in [0.3, 0.4) is 0 Å². The Balaban J connectivity index is 1.06. The quantitative estimate of drug-likeness (QED) is 0.128. The first-order valence-corrected chi connectivity index (χ1v) is 20.5. The first-order chi connectivity index (χ1) is 30.0. The van der Waals surface area contributed by atoms with E-state index in [1.165, 1.54) is 14.2 Å². The number of benzene rings is 5. The van der Waals surface area contributed by atoms with Gasteiger partial charge in [0.25, 0.3) is 0 Å². The van der Waals surface area contributed by atoms with E-state index in [2.05, 4.69) is 0 Å². The van der Waals surface area contributed by atoms with Crippen molar-refractivity contribution in [3.8, 4) is 28.7 Å². The molecule has 0 aromatic heterocycles. The van der Waals surface area contributed by atoms with Crippen molar-refractivity contribution >= 4 is 5.97 Å². The Bertz CT molecular complexity index is 2300. The monoisotopic (exact) mass is 830 g/mol. The molecule has 5 aromatic carbocycles. The molecular formula is C48H46O13. The first kappa shape index (κ1) is 39.5. The van der Waals surface area contributed by atoms with Crippen LogP contribution in [0.2, 0.25) is 0 Å². The van der Waals surface area contributed by atoms with Crippen LogP contribution < -0.4 is 18.9 Å². The summed E-state index contributed by atoms with van der Waals surface area (Å²) in [5.41, 5.74) is 5.00. The Morgan fingerprint density at radius 1 is 0.672 bits per heavy atom. The Morgan fingerprint density at radius 3 is 1.92 bits per heavy atom. The van der Waals surface area contributed by atoms with Crippen LogP contribution in [0.1, 0.15) is 51.7 Å². The Hall–Kier alpha value is -5.67. The fraction of sp³-hybridized carbons (Fsp3) is 0.354. The average Bonchev–Trinajstić information content (AvgIpc) is 3.94. The summed E-state index contributed by atoms with van der Waals surface area (Å²) < 4.78 is 69.8. The lowest BCUT2D eigenvalue weighted by Gasteiger charge is -2.50. The Morgan fingerprint density at radius 2 is 1.28 bits per heavy atom. The zero-order valence-electron chi connectivity index (χ0n) is 33.6. The van der Waals surface area contributed by atoms with Crippen LogP contribution in [0, 0.1) is 11.8 Å². The predicted octanol–water partition coefficient (Wildman–Crippen LogP) is 7.14. The van der Waals surface area contributed by atoms with Crippen LogP contribution in [-0.4, -0.2) is 76.0 Å². The molecule has 5 aliphatic rings. The number of ether oxygens (including phenoxy) is 11. The van der Waals surface area contributed by atoms with E-state index in [1.807, 2.05) is 103 Å². The van der Waals surface area contributed by atoms with Crippen LogP contribution in [0.25, 0.3) is 0 Å². The van der Waals surface area contributed by atoms with E-state index >= 15 is 0 Å². The van der Waals surface area contributed by atoms with Gasteiger partial charge in [-0.1, -0.05) is 91.0 Å². The molecule has 316 valence electrons. The topological polar surface area (TPSA) is 139 Å². The Labute approximate surface area is 352 Å². The van der Waals surface area contributed by atoms with Crippen molar-refractivity contribution in [2.24, 2.45) is 11.8 Å². The summed E-state index contributed by atoms with van der Waals surface area (Å²) in [7, 11) is 2.93. The van der Waals surface area contributed by atoms with Crippen molar-refractivity contribution < 1.29 is 62.0 Å². The number of aromatic hydroxyl groups is 1. The molecule has 3 fully saturated rings. The molecule has 4 heterocycles. The van der Waals surface area contributed by atoms with E-state index in [-0.39, 0.29) is 56.4 Å². The van der Waals surface area contributed by atoms with Gasteiger partial charge in [0, 0.05) is 17.4 Å². The van der Waals surface area contributed by atoms with Crippen LogP contribution in [0.15, 0.2) is 115 Å². The van der Waals surface area contributed by atoms with E-state index in [0.717, 1.165) is 27.8 Å². The van der Waals surface area contributed by atoms with Gasteiger partial charge in [0.05, 0.1) is 52.7 Å². The van der Waals surface area contributed by atoms with E-state index in [1.54, 1.807) is 12.1 Å². The van der Waals surface area contributed by atoms with Gasteiger partial charge in [0.2, 0.25) is 12.5 Å². The van der Waals surface area contributed by atoms with Crippen molar-refractivity contribution in [2.45, 2.75) is 62.2 Å². The summed E-state index contributed by atoms with van der Waals surface area (Å²) in [5, 5.41) is 10.9. The van der Waals surface area contributed by atoms with Gasteiger partial charge < -0.3 is 57.2 Å². The number of phenolic OH excluding ortho intramolecular Hbond substituents is 1. The summed E-state index contributed by atoms with van der Waals surface area (Å²) in [5.74, 6) is -0.814. The zero-order chi connectivity index (χ0) is 41.5. The maximum atomic E-state index is 14.0. The minimum atomic E-state index is -1.03. The number of hydrogen-bond donors (Lipinski definition) is 1. The molecule has 0 bridgehead atoms. The number of hydrogen-bond acceptors (Lipinski definition) is 13. The minimum absolute atomic E-state index is 0.0405. The van der Waals surface area contributed by atoms with Gasteiger partial charge in [-0.15, -0.1) is 0 Å². The summed E-state index contributed by atoms with van der Waals surface area (Å²) in [6.45, 7) is 0.824. The number of carbonyl (C=O) groups is 1. The molecule has 1 N–H and O–H groups in total. The van der Waals surface area contributed by atoms with Gasteiger partial charge in [0.1, 0.15) is 24.4 Å². The summed E-state index contributed by atoms with van der Waals surface area (Å²) >= 11 is 0. The predicted molar refractivity (Wildman–Crippen MR) is 216 cm³/mol. The van der Waals surface area contributed by atoms with E-state index in [9.17, 15) is 9.90 Å². The molecule has 0 unspecified atom stereocenters. The number of fused-ring (bicyclic) bond motifs is 4. The zero-order valence-corrected chi connectivity index (χ0v) is 33.6. The van der Waals surface area contributed by atoms with Gasteiger partial charge in [-0.2, -0.15) is 0 Å². The molecule has 0 spiro atoms. The lowest BCUT2D eigenvalue weighted by molar-refractivity contribution is -0.380. The van der Waals surface area contributed by atoms with Gasteiger partial charge in [-0.3, -0.25) is 4.79 Å². The molecular weight excluding hydrogens is 785 g/mol. The van der Waals surface area contributed by atoms with Gasteiger partial charge >= 0.3 is 5.97 Å². The smallest absolute Gasteiger partial charge is 0.310 e. The van der Waals surface area contributed by atoms with Gasteiger partial charge in [-0.05, 0) is 52.1 Å². The normalized spacial score (nSPS) is 28.6. The third kappa shape index (κ3) is 7.56. The lowest BCUT2D eigenvalue weighted by Crippen LogP contribution is -2.64. The molecule has 0 amide bonds. The minimum Gasteiger partial charge on any atom is -0.502 e. The molecule has 13 nitrogen and oxygen atoms in total. The molecule has 10 atom stereocenters. The molecule has 5 aromatic rings. The first-order valence-electron chi connectivity index (χ1n) is 20.5. The average molecular weight is 831 g/mol. The number of cyclic esters (lactones) is 1. The summed E-state index contributed by atoms with van der Waals surface area (Å²) in [4.78, 5) is 14.0.